The van der Waals surface area contributed by atoms with Gasteiger partial charge in [-0.3, -0.25) is 4.57 Å². The number of benzene rings is 3. The van der Waals surface area contributed by atoms with Gasteiger partial charge in [-0.1, -0.05) is 83.5 Å². The number of rotatable bonds is 8. The highest BCUT2D eigenvalue weighted by atomic mass is 35.5. The summed E-state index contributed by atoms with van der Waals surface area (Å²) in [4.78, 5) is 0. The lowest BCUT2D eigenvalue weighted by Crippen LogP contribution is -2.02. The molecule has 0 amide bonds. The summed E-state index contributed by atoms with van der Waals surface area (Å²) in [5.74, 6) is 3.52. The lowest BCUT2D eigenvalue weighted by atomic mass is 10.2. The number of nitrogens with zero attached hydrogens (tertiary/aromatic N) is 3. The van der Waals surface area contributed by atoms with Crippen LogP contribution in [0.2, 0.25) is 5.02 Å². The summed E-state index contributed by atoms with van der Waals surface area (Å²) in [5, 5.41) is 10.7. The largest absolute Gasteiger partial charge is 0.273 e. The summed E-state index contributed by atoms with van der Waals surface area (Å²) < 4.78 is 2.17. The Kier molecular flexibility index (Phi) is 7.16. The third-order valence-corrected chi connectivity index (χ3v) is 6.87. The van der Waals surface area contributed by atoms with Crippen LogP contribution in [0.1, 0.15) is 22.5 Å². The second-order valence-corrected chi connectivity index (χ2v) is 9.33. The van der Waals surface area contributed by atoms with Crippen molar-refractivity contribution in [2.45, 2.75) is 29.3 Å². The van der Waals surface area contributed by atoms with E-state index in [0.717, 1.165) is 38.9 Å². The summed E-state index contributed by atoms with van der Waals surface area (Å²) in [5.41, 5.74) is 4.91. The molecule has 30 heavy (non-hydrogen) atoms. The van der Waals surface area contributed by atoms with Gasteiger partial charge < -0.3 is 0 Å². The van der Waals surface area contributed by atoms with E-state index in [1.54, 1.807) is 11.8 Å². The minimum atomic E-state index is 0.766. The molecule has 6 heteroatoms. The van der Waals surface area contributed by atoms with E-state index in [2.05, 4.69) is 70.2 Å². The number of aryl methyl sites for hydroxylation is 1. The molecule has 3 aromatic carbocycles. The Balaban J connectivity index is 1.49. The molecule has 1 aromatic heterocycles. The highest BCUT2D eigenvalue weighted by Crippen LogP contribution is 2.28. The van der Waals surface area contributed by atoms with Gasteiger partial charge in [0, 0.05) is 22.2 Å². The molecule has 0 aliphatic heterocycles. The van der Waals surface area contributed by atoms with Gasteiger partial charge in [0.15, 0.2) is 5.16 Å². The van der Waals surface area contributed by atoms with Crippen LogP contribution in [0.5, 0.6) is 0 Å². The highest BCUT2D eigenvalue weighted by Gasteiger charge is 2.14. The van der Waals surface area contributed by atoms with Crippen molar-refractivity contribution in [3.63, 3.8) is 0 Å². The normalized spacial score (nSPS) is 11.0. The molecule has 0 unspecified atom stereocenters. The van der Waals surface area contributed by atoms with Crippen molar-refractivity contribution in [2.75, 3.05) is 0 Å². The van der Waals surface area contributed by atoms with Crippen LogP contribution >= 0.6 is 35.1 Å². The molecule has 0 saturated carbocycles. The Labute approximate surface area is 190 Å². The molecule has 0 atom stereocenters. The summed E-state index contributed by atoms with van der Waals surface area (Å²) >= 11 is 9.53. The zero-order chi connectivity index (χ0) is 20.8. The average molecular weight is 452 g/mol. The Morgan fingerprint density at radius 2 is 1.43 bits per heavy atom. The topological polar surface area (TPSA) is 30.7 Å². The Hall–Kier alpha value is -2.21. The van der Waals surface area contributed by atoms with Gasteiger partial charge in [-0.25, -0.2) is 0 Å². The van der Waals surface area contributed by atoms with Gasteiger partial charge in [0.2, 0.25) is 0 Å². The molecule has 3 nitrogen and oxygen atoms in total. The molecule has 4 rings (SSSR count). The van der Waals surface area contributed by atoms with Crippen LogP contribution in [-0.4, -0.2) is 14.8 Å². The molecule has 0 aliphatic rings. The van der Waals surface area contributed by atoms with Crippen molar-refractivity contribution >= 4 is 35.1 Å². The van der Waals surface area contributed by atoms with E-state index in [1.807, 2.05) is 42.1 Å². The molecule has 152 valence electrons. The van der Waals surface area contributed by atoms with Gasteiger partial charge in [-0.2, -0.15) is 0 Å². The first-order valence-corrected chi connectivity index (χ1v) is 12.2. The fourth-order valence-corrected chi connectivity index (χ4v) is 4.95. The SMILES string of the molecule is Cc1ccc(CSc2nnc(CSCc3ccc(Cl)cc3)n2-c2ccccc2)cc1. The standard InChI is InChI=1S/C24H22ClN3S2/c1-18-7-9-20(10-8-18)16-30-24-27-26-23(28(24)22-5-3-2-4-6-22)17-29-15-19-11-13-21(25)14-12-19/h2-14H,15-17H2,1H3. The van der Waals surface area contributed by atoms with E-state index < -0.39 is 0 Å². The minimum absolute atomic E-state index is 0.766. The van der Waals surface area contributed by atoms with Crippen molar-refractivity contribution in [2.24, 2.45) is 0 Å². The van der Waals surface area contributed by atoms with Crippen molar-refractivity contribution in [3.8, 4) is 5.69 Å². The predicted molar refractivity (Wildman–Crippen MR) is 129 cm³/mol. The van der Waals surface area contributed by atoms with Gasteiger partial charge in [0.1, 0.15) is 5.82 Å². The van der Waals surface area contributed by atoms with Crippen LogP contribution in [0.25, 0.3) is 5.69 Å². The van der Waals surface area contributed by atoms with Gasteiger partial charge in [-0.05, 0) is 42.3 Å². The van der Waals surface area contributed by atoms with Crippen molar-refractivity contribution in [1.82, 2.24) is 14.8 Å². The van der Waals surface area contributed by atoms with Gasteiger partial charge in [0.05, 0.1) is 5.75 Å². The molecule has 0 radical (unpaired) electrons. The maximum absolute atomic E-state index is 5.98. The minimum Gasteiger partial charge on any atom is -0.273 e. The summed E-state index contributed by atoms with van der Waals surface area (Å²) in [6, 6.07) is 27.0. The molecule has 0 saturated heterocycles. The van der Waals surface area contributed by atoms with Crippen LogP contribution in [0.3, 0.4) is 0 Å². The predicted octanol–water partition coefficient (Wildman–Crippen LogP) is 6.95. The monoisotopic (exact) mass is 451 g/mol. The first-order valence-electron chi connectivity index (χ1n) is 9.69. The molecule has 0 spiro atoms. The van der Waals surface area contributed by atoms with E-state index in [9.17, 15) is 0 Å². The Bertz CT molecular complexity index is 1080. The fourth-order valence-electron chi connectivity index (χ4n) is 3.00. The second kappa shape index (κ2) is 10.2. The number of halogens is 1. The number of hydrogen-bond acceptors (Lipinski definition) is 4. The zero-order valence-corrected chi connectivity index (χ0v) is 19.1. The van der Waals surface area contributed by atoms with Crippen LogP contribution in [0.15, 0.2) is 84.0 Å². The molecule has 0 aliphatic carbocycles. The molecular formula is C24H22ClN3S2. The number of aromatic nitrogens is 3. The van der Waals surface area contributed by atoms with E-state index in [1.165, 1.54) is 16.7 Å². The van der Waals surface area contributed by atoms with E-state index in [-0.39, 0.29) is 0 Å². The number of thioether (sulfide) groups is 2. The average Bonchev–Trinajstić information content (AvgIpc) is 3.18. The van der Waals surface area contributed by atoms with Crippen LogP contribution in [0.4, 0.5) is 0 Å². The van der Waals surface area contributed by atoms with Crippen LogP contribution in [-0.2, 0) is 17.3 Å². The summed E-state index contributed by atoms with van der Waals surface area (Å²) in [7, 11) is 0. The number of hydrogen-bond donors (Lipinski definition) is 0. The fraction of sp³-hybridized carbons (Fsp3) is 0.167. The quantitative estimate of drug-likeness (QED) is 0.271. The summed E-state index contributed by atoms with van der Waals surface area (Å²) in [6.07, 6.45) is 0. The van der Waals surface area contributed by atoms with E-state index in [0.29, 0.717) is 0 Å². The molecule has 0 fully saturated rings. The maximum Gasteiger partial charge on any atom is 0.196 e. The maximum atomic E-state index is 5.98. The van der Waals surface area contributed by atoms with Crippen molar-refractivity contribution in [3.05, 3.63) is 106 Å². The van der Waals surface area contributed by atoms with Crippen LogP contribution in [0, 0.1) is 6.92 Å². The lowest BCUT2D eigenvalue weighted by molar-refractivity contribution is 0.864. The van der Waals surface area contributed by atoms with Gasteiger partial charge >= 0.3 is 0 Å². The van der Waals surface area contributed by atoms with E-state index >= 15 is 0 Å². The Morgan fingerprint density at radius 3 is 2.17 bits per heavy atom. The Morgan fingerprint density at radius 1 is 0.767 bits per heavy atom. The van der Waals surface area contributed by atoms with Crippen molar-refractivity contribution in [1.29, 1.82) is 0 Å². The van der Waals surface area contributed by atoms with Gasteiger partial charge in [-0.15, -0.1) is 22.0 Å². The lowest BCUT2D eigenvalue weighted by Gasteiger charge is -2.10. The van der Waals surface area contributed by atoms with Crippen molar-refractivity contribution < 1.29 is 0 Å². The highest BCUT2D eigenvalue weighted by molar-refractivity contribution is 7.98. The number of para-hydroxylation sites is 1. The second-order valence-electron chi connectivity index (χ2n) is 6.96. The molecule has 0 N–H and O–H groups in total. The molecule has 0 bridgehead atoms. The third-order valence-electron chi connectivity index (χ3n) is 4.62. The zero-order valence-electron chi connectivity index (χ0n) is 16.7. The smallest absolute Gasteiger partial charge is 0.196 e. The van der Waals surface area contributed by atoms with Gasteiger partial charge in [0.25, 0.3) is 0 Å². The van der Waals surface area contributed by atoms with Crippen LogP contribution < -0.4 is 0 Å². The first kappa shape index (κ1) is 21.0. The molecular weight excluding hydrogens is 430 g/mol. The third kappa shape index (κ3) is 5.48. The first-order chi connectivity index (χ1) is 14.7. The molecule has 4 aromatic rings. The molecule has 1 heterocycles. The summed E-state index contributed by atoms with van der Waals surface area (Å²) in [6.45, 7) is 2.11. The van der Waals surface area contributed by atoms with E-state index in [4.69, 9.17) is 11.6 Å².